The highest BCUT2D eigenvalue weighted by Gasteiger charge is 2.69. The lowest BCUT2D eigenvalue weighted by molar-refractivity contribution is -0.199. The van der Waals surface area contributed by atoms with Crippen LogP contribution in [0.25, 0.3) is 0 Å². The number of carbonyl (C=O) groups excluding carboxylic acids is 1. The number of amides is 1. The smallest absolute Gasteiger partial charge is 0.403 e. The molecule has 1 aliphatic heterocycles. The quantitative estimate of drug-likeness (QED) is 0.488. The van der Waals surface area contributed by atoms with Gasteiger partial charge in [0, 0.05) is 25.2 Å². The van der Waals surface area contributed by atoms with Gasteiger partial charge >= 0.3 is 6.18 Å². The molecule has 190 valence electrons. The van der Waals surface area contributed by atoms with Crippen molar-refractivity contribution in [2.24, 2.45) is 17.1 Å². The van der Waals surface area contributed by atoms with E-state index in [2.05, 4.69) is 0 Å². The van der Waals surface area contributed by atoms with Gasteiger partial charge in [0.05, 0.1) is 17.8 Å². The number of carbonyl (C=O) groups is 1. The van der Waals surface area contributed by atoms with E-state index in [9.17, 15) is 30.8 Å². The summed E-state index contributed by atoms with van der Waals surface area (Å²) in [4.78, 5) is 13.6. The van der Waals surface area contributed by atoms with E-state index in [1.165, 1.54) is 29.2 Å². The lowest BCUT2D eigenvalue weighted by Crippen LogP contribution is -2.47. The molecule has 12 heteroatoms. The number of ether oxygens (including phenoxy) is 2. The zero-order valence-corrected chi connectivity index (χ0v) is 19.3. The normalized spacial score (nSPS) is 19.2. The summed E-state index contributed by atoms with van der Waals surface area (Å²) in [6, 6.07) is 5.60. The SMILES string of the molecule is NCC(=CF)COc1ccc(S(=O)(=O)COCC2CCN(C(=O)C3(C(F)(F)F)CC3)CC2)cc1. The number of benzene rings is 1. The first-order valence-corrected chi connectivity index (χ1v) is 12.6. The summed E-state index contributed by atoms with van der Waals surface area (Å²) in [5.41, 5.74) is 3.39. The van der Waals surface area contributed by atoms with Crippen LogP contribution >= 0.6 is 0 Å². The first-order chi connectivity index (χ1) is 16.0. The molecule has 0 spiro atoms. The topological polar surface area (TPSA) is 98.9 Å². The van der Waals surface area contributed by atoms with Gasteiger partial charge in [0.2, 0.25) is 15.7 Å². The Morgan fingerprint density at radius 2 is 1.79 bits per heavy atom. The molecule has 0 unspecified atom stereocenters. The van der Waals surface area contributed by atoms with Crippen molar-refractivity contribution in [2.75, 3.05) is 38.8 Å². The summed E-state index contributed by atoms with van der Waals surface area (Å²) in [6.45, 7) is 0.475. The predicted octanol–water partition coefficient (Wildman–Crippen LogP) is 3.21. The minimum absolute atomic E-state index is 0.00394. The minimum Gasteiger partial charge on any atom is -0.489 e. The molecule has 2 fully saturated rings. The maximum absolute atomic E-state index is 13.2. The molecule has 1 heterocycles. The van der Waals surface area contributed by atoms with E-state index in [-0.39, 0.29) is 62.1 Å². The number of rotatable bonds is 10. The number of hydrogen-bond acceptors (Lipinski definition) is 6. The van der Waals surface area contributed by atoms with Crippen LogP contribution in [0, 0.1) is 11.3 Å². The summed E-state index contributed by atoms with van der Waals surface area (Å²) >= 11 is 0. The second-order valence-electron chi connectivity index (χ2n) is 8.65. The zero-order chi connectivity index (χ0) is 25.0. The second-order valence-corrected chi connectivity index (χ2v) is 10.6. The van der Waals surface area contributed by atoms with Crippen molar-refractivity contribution in [3.05, 3.63) is 36.2 Å². The molecule has 2 aliphatic rings. The van der Waals surface area contributed by atoms with E-state index in [0.29, 0.717) is 24.9 Å². The molecule has 0 atom stereocenters. The highest BCUT2D eigenvalue weighted by Crippen LogP contribution is 2.58. The van der Waals surface area contributed by atoms with E-state index in [4.69, 9.17) is 15.2 Å². The fourth-order valence-corrected chi connectivity index (χ4v) is 4.80. The van der Waals surface area contributed by atoms with Crippen LogP contribution in [0.3, 0.4) is 0 Å². The molecule has 1 aromatic carbocycles. The Balaban J connectivity index is 1.43. The second kappa shape index (κ2) is 10.6. The molecule has 0 bridgehead atoms. The Hall–Kier alpha value is -2.18. The van der Waals surface area contributed by atoms with E-state index >= 15 is 0 Å². The Kier molecular flexibility index (Phi) is 8.25. The van der Waals surface area contributed by atoms with Gasteiger partial charge in [0.1, 0.15) is 17.8 Å². The molecular weight excluding hydrogens is 480 g/mol. The van der Waals surface area contributed by atoms with Gasteiger partial charge in [0.15, 0.2) is 5.94 Å². The third-order valence-electron chi connectivity index (χ3n) is 6.22. The van der Waals surface area contributed by atoms with Crippen molar-refractivity contribution in [1.82, 2.24) is 4.90 Å². The van der Waals surface area contributed by atoms with Gasteiger partial charge in [-0.1, -0.05) is 0 Å². The molecular formula is C22H28F4N2O5S. The summed E-state index contributed by atoms with van der Waals surface area (Å²) < 4.78 is 87.7. The number of sulfone groups is 1. The molecule has 0 aromatic heterocycles. The Labute approximate surface area is 195 Å². The van der Waals surface area contributed by atoms with Crippen molar-refractivity contribution >= 4 is 15.7 Å². The molecule has 7 nitrogen and oxygen atoms in total. The van der Waals surface area contributed by atoms with Gasteiger partial charge in [-0.05, 0) is 55.9 Å². The zero-order valence-electron chi connectivity index (χ0n) is 18.5. The van der Waals surface area contributed by atoms with Gasteiger partial charge < -0.3 is 20.1 Å². The fourth-order valence-electron chi connectivity index (χ4n) is 3.80. The molecule has 34 heavy (non-hydrogen) atoms. The average molecular weight is 509 g/mol. The van der Waals surface area contributed by atoms with Crippen LogP contribution < -0.4 is 10.5 Å². The third-order valence-corrected chi connectivity index (χ3v) is 7.69. The number of piperidine rings is 1. The first-order valence-electron chi connectivity index (χ1n) is 10.9. The van der Waals surface area contributed by atoms with Crippen LogP contribution in [0.1, 0.15) is 25.7 Å². The molecule has 1 aliphatic carbocycles. The maximum atomic E-state index is 13.2. The fraction of sp³-hybridized carbons (Fsp3) is 0.591. The summed E-state index contributed by atoms with van der Waals surface area (Å²) in [7, 11) is -3.73. The van der Waals surface area contributed by atoms with E-state index < -0.39 is 33.3 Å². The maximum Gasteiger partial charge on any atom is 0.403 e. The summed E-state index contributed by atoms with van der Waals surface area (Å²) in [6.07, 6.45) is -3.58. The van der Waals surface area contributed by atoms with Gasteiger partial charge in [-0.2, -0.15) is 13.2 Å². The number of hydrogen-bond donors (Lipinski definition) is 1. The van der Waals surface area contributed by atoms with Crippen molar-refractivity contribution in [2.45, 2.75) is 36.8 Å². The number of likely N-dealkylation sites (tertiary alicyclic amines) is 1. The predicted molar refractivity (Wildman–Crippen MR) is 115 cm³/mol. The van der Waals surface area contributed by atoms with Gasteiger partial charge in [0.25, 0.3) is 0 Å². The lowest BCUT2D eigenvalue weighted by atomic mass is 9.95. The Morgan fingerprint density at radius 3 is 2.29 bits per heavy atom. The van der Waals surface area contributed by atoms with E-state index in [1.54, 1.807) is 0 Å². The van der Waals surface area contributed by atoms with Crippen LogP contribution in [0.5, 0.6) is 5.75 Å². The molecule has 1 amide bonds. The summed E-state index contributed by atoms with van der Waals surface area (Å²) in [5.74, 6) is -1.09. The van der Waals surface area contributed by atoms with Crippen LogP contribution in [0.4, 0.5) is 17.6 Å². The summed E-state index contributed by atoms with van der Waals surface area (Å²) in [5, 5.41) is 0. The molecule has 3 rings (SSSR count). The Bertz CT molecular complexity index is 984. The largest absolute Gasteiger partial charge is 0.489 e. The van der Waals surface area contributed by atoms with Gasteiger partial charge in [-0.15, -0.1) is 0 Å². The van der Waals surface area contributed by atoms with Gasteiger partial charge in [-0.25, -0.2) is 12.8 Å². The van der Waals surface area contributed by atoms with E-state index in [1.807, 2.05) is 0 Å². The van der Waals surface area contributed by atoms with Gasteiger partial charge in [-0.3, -0.25) is 4.79 Å². The van der Waals surface area contributed by atoms with Crippen molar-refractivity contribution < 1.29 is 40.2 Å². The molecule has 1 saturated carbocycles. The lowest BCUT2D eigenvalue weighted by Gasteiger charge is -2.34. The molecule has 0 radical (unpaired) electrons. The molecule has 1 aromatic rings. The van der Waals surface area contributed by atoms with Crippen molar-refractivity contribution in [3.63, 3.8) is 0 Å². The standard InChI is InChI=1S/C22H28F4N2O5S/c23-11-17(12-27)14-33-18-1-3-19(4-2-18)34(30,31)15-32-13-16-5-9-28(10-6-16)20(29)21(7-8-21)22(24,25)26/h1-4,11,16H,5-10,12-15,27H2. The first kappa shape index (κ1) is 26.4. The minimum atomic E-state index is -4.53. The number of nitrogens with two attached hydrogens (primary N) is 1. The Morgan fingerprint density at radius 1 is 1.18 bits per heavy atom. The number of alkyl halides is 3. The monoisotopic (exact) mass is 508 g/mol. The van der Waals surface area contributed by atoms with Crippen LogP contribution in [-0.4, -0.2) is 64.2 Å². The van der Waals surface area contributed by atoms with Crippen LogP contribution in [0.15, 0.2) is 41.1 Å². The third kappa shape index (κ3) is 6.08. The van der Waals surface area contributed by atoms with Crippen molar-refractivity contribution in [3.8, 4) is 5.75 Å². The molecule has 2 N–H and O–H groups in total. The van der Waals surface area contributed by atoms with Crippen molar-refractivity contribution in [1.29, 1.82) is 0 Å². The molecule has 1 saturated heterocycles. The highest BCUT2D eigenvalue weighted by molar-refractivity contribution is 7.91. The van der Waals surface area contributed by atoms with Crippen LogP contribution in [0.2, 0.25) is 0 Å². The highest BCUT2D eigenvalue weighted by atomic mass is 32.2. The number of halogens is 4. The van der Waals surface area contributed by atoms with Crippen LogP contribution in [-0.2, 0) is 19.4 Å². The van der Waals surface area contributed by atoms with E-state index in [0.717, 1.165) is 0 Å². The average Bonchev–Trinajstić information content (AvgIpc) is 3.62. The number of nitrogens with zero attached hydrogens (tertiary/aromatic N) is 1.